The SMILES string of the molecule is Cc1cc(C2(N)CC2)cc2cc[nH]c12. The molecule has 2 aromatic rings. The van der Waals surface area contributed by atoms with E-state index in [0.29, 0.717) is 0 Å². The van der Waals surface area contributed by atoms with Crippen molar-refractivity contribution < 1.29 is 0 Å². The van der Waals surface area contributed by atoms with Gasteiger partial charge in [-0.05, 0) is 48.4 Å². The average molecular weight is 186 g/mol. The number of aryl methyl sites for hydroxylation is 1. The monoisotopic (exact) mass is 186 g/mol. The van der Waals surface area contributed by atoms with Gasteiger partial charge in [0.25, 0.3) is 0 Å². The molecule has 1 aromatic carbocycles. The van der Waals surface area contributed by atoms with Gasteiger partial charge in [-0.2, -0.15) is 0 Å². The summed E-state index contributed by atoms with van der Waals surface area (Å²) in [6.07, 6.45) is 4.24. The highest BCUT2D eigenvalue weighted by atomic mass is 14.8. The summed E-state index contributed by atoms with van der Waals surface area (Å²) in [6, 6.07) is 6.54. The van der Waals surface area contributed by atoms with Gasteiger partial charge in [0.15, 0.2) is 0 Å². The number of H-pyrrole nitrogens is 1. The van der Waals surface area contributed by atoms with Crippen molar-refractivity contribution in [3.63, 3.8) is 0 Å². The number of nitrogens with one attached hydrogen (secondary N) is 1. The van der Waals surface area contributed by atoms with E-state index in [4.69, 9.17) is 5.73 Å². The van der Waals surface area contributed by atoms with Crippen LogP contribution in [-0.2, 0) is 5.54 Å². The molecule has 0 aliphatic heterocycles. The Bertz CT molecular complexity index is 492. The molecule has 1 aromatic heterocycles. The molecule has 72 valence electrons. The minimum absolute atomic E-state index is 0.0176. The molecular weight excluding hydrogens is 172 g/mol. The molecular formula is C12H14N2. The Morgan fingerprint density at radius 2 is 2.14 bits per heavy atom. The molecule has 14 heavy (non-hydrogen) atoms. The van der Waals surface area contributed by atoms with E-state index < -0.39 is 0 Å². The van der Waals surface area contributed by atoms with E-state index in [-0.39, 0.29) is 5.54 Å². The molecule has 1 aliphatic carbocycles. The van der Waals surface area contributed by atoms with Crippen LogP contribution in [0, 0.1) is 6.92 Å². The third kappa shape index (κ3) is 1.01. The normalized spacial score (nSPS) is 18.7. The van der Waals surface area contributed by atoms with Crippen LogP contribution in [0.25, 0.3) is 10.9 Å². The largest absolute Gasteiger partial charge is 0.361 e. The summed E-state index contributed by atoms with van der Waals surface area (Å²) in [6.45, 7) is 2.13. The fraction of sp³-hybridized carbons (Fsp3) is 0.333. The van der Waals surface area contributed by atoms with Crippen molar-refractivity contribution in [2.45, 2.75) is 25.3 Å². The zero-order valence-electron chi connectivity index (χ0n) is 8.30. The van der Waals surface area contributed by atoms with Crippen LogP contribution in [0.15, 0.2) is 24.4 Å². The standard InChI is InChI=1S/C12H14N2/c1-8-6-10(12(13)3-4-12)7-9-2-5-14-11(8)9/h2,5-7,14H,3-4,13H2,1H3. The Kier molecular flexibility index (Phi) is 1.38. The minimum atomic E-state index is -0.0176. The number of benzene rings is 1. The van der Waals surface area contributed by atoms with Crippen molar-refractivity contribution in [1.82, 2.24) is 4.98 Å². The third-order valence-corrected chi connectivity index (χ3v) is 3.22. The lowest BCUT2D eigenvalue weighted by atomic mass is 10.0. The van der Waals surface area contributed by atoms with Gasteiger partial charge in [-0.15, -0.1) is 0 Å². The predicted molar refractivity (Wildman–Crippen MR) is 58.1 cm³/mol. The second-order valence-electron chi connectivity index (χ2n) is 4.39. The zero-order chi connectivity index (χ0) is 9.76. The molecule has 1 aliphatic rings. The van der Waals surface area contributed by atoms with Gasteiger partial charge in [0.05, 0.1) is 0 Å². The summed E-state index contributed by atoms with van der Waals surface area (Å²) in [5.74, 6) is 0. The summed E-state index contributed by atoms with van der Waals surface area (Å²) in [4.78, 5) is 3.25. The highest BCUT2D eigenvalue weighted by Gasteiger charge is 2.40. The van der Waals surface area contributed by atoms with E-state index in [0.717, 1.165) is 12.8 Å². The van der Waals surface area contributed by atoms with Crippen molar-refractivity contribution in [2.75, 3.05) is 0 Å². The molecule has 0 bridgehead atoms. The van der Waals surface area contributed by atoms with Gasteiger partial charge in [0, 0.05) is 17.3 Å². The third-order valence-electron chi connectivity index (χ3n) is 3.22. The van der Waals surface area contributed by atoms with Crippen LogP contribution in [0.5, 0.6) is 0 Å². The smallest absolute Gasteiger partial charge is 0.0483 e. The lowest BCUT2D eigenvalue weighted by Crippen LogP contribution is -2.18. The molecule has 1 heterocycles. The van der Waals surface area contributed by atoms with E-state index in [1.54, 1.807) is 0 Å². The molecule has 2 heteroatoms. The first-order valence-corrected chi connectivity index (χ1v) is 5.06. The Morgan fingerprint density at radius 1 is 1.36 bits per heavy atom. The summed E-state index contributed by atoms with van der Waals surface area (Å²) in [5, 5.41) is 1.27. The second kappa shape index (κ2) is 2.39. The number of nitrogens with two attached hydrogens (primary N) is 1. The minimum Gasteiger partial charge on any atom is -0.361 e. The van der Waals surface area contributed by atoms with E-state index in [1.165, 1.54) is 22.0 Å². The topological polar surface area (TPSA) is 41.8 Å². The van der Waals surface area contributed by atoms with Gasteiger partial charge in [-0.25, -0.2) is 0 Å². The molecule has 3 rings (SSSR count). The zero-order valence-corrected chi connectivity index (χ0v) is 8.30. The van der Waals surface area contributed by atoms with Gasteiger partial charge in [0.1, 0.15) is 0 Å². The number of aromatic nitrogens is 1. The number of hydrogen-bond donors (Lipinski definition) is 2. The van der Waals surface area contributed by atoms with Crippen molar-refractivity contribution in [2.24, 2.45) is 5.73 Å². The Morgan fingerprint density at radius 3 is 2.86 bits per heavy atom. The van der Waals surface area contributed by atoms with Crippen LogP contribution in [0.2, 0.25) is 0 Å². The molecule has 3 N–H and O–H groups in total. The fourth-order valence-corrected chi connectivity index (χ4v) is 2.07. The number of rotatable bonds is 1. The summed E-state index contributed by atoms with van der Waals surface area (Å²) < 4.78 is 0. The van der Waals surface area contributed by atoms with Crippen LogP contribution in [0.3, 0.4) is 0 Å². The van der Waals surface area contributed by atoms with E-state index >= 15 is 0 Å². The molecule has 0 unspecified atom stereocenters. The Hall–Kier alpha value is -1.28. The van der Waals surface area contributed by atoms with Gasteiger partial charge in [-0.1, -0.05) is 6.07 Å². The molecule has 1 fully saturated rings. The number of hydrogen-bond acceptors (Lipinski definition) is 1. The highest BCUT2D eigenvalue weighted by molar-refractivity contribution is 5.83. The van der Waals surface area contributed by atoms with Crippen LogP contribution in [-0.4, -0.2) is 4.98 Å². The van der Waals surface area contributed by atoms with Crippen molar-refractivity contribution in [3.8, 4) is 0 Å². The first kappa shape index (κ1) is 8.06. The first-order chi connectivity index (χ1) is 6.69. The Labute approximate surface area is 83.1 Å². The Balaban J connectivity index is 2.27. The predicted octanol–water partition coefficient (Wildman–Crippen LogP) is 2.42. The molecule has 2 nitrogen and oxygen atoms in total. The lowest BCUT2D eigenvalue weighted by Gasteiger charge is -2.10. The molecule has 0 saturated heterocycles. The lowest BCUT2D eigenvalue weighted by molar-refractivity contribution is 0.740. The van der Waals surface area contributed by atoms with Gasteiger partial charge < -0.3 is 10.7 Å². The van der Waals surface area contributed by atoms with E-state index in [9.17, 15) is 0 Å². The summed E-state index contributed by atoms with van der Waals surface area (Å²) in [7, 11) is 0. The van der Waals surface area contributed by atoms with E-state index in [2.05, 4.69) is 30.1 Å². The van der Waals surface area contributed by atoms with Gasteiger partial charge in [-0.3, -0.25) is 0 Å². The first-order valence-electron chi connectivity index (χ1n) is 5.06. The van der Waals surface area contributed by atoms with Crippen molar-refractivity contribution >= 4 is 10.9 Å². The van der Waals surface area contributed by atoms with Crippen LogP contribution >= 0.6 is 0 Å². The van der Waals surface area contributed by atoms with Gasteiger partial charge >= 0.3 is 0 Å². The maximum atomic E-state index is 6.19. The molecule has 1 saturated carbocycles. The maximum absolute atomic E-state index is 6.19. The molecule has 0 amide bonds. The van der Waals surface area contributed by atoms with Crippen molar-refractivity contribution in [1.29, 1.82) is 0 Å². The number of fused-ring (bicyclic) bond motifs is 1. The maximum Gasteiger partial charge on any atom is 0.0483 e. The summed E-state index contributed by atoms with van der Waals surface area (Å²) in [5.41, 5.74) is 9.99. The van der Waals surface area contributed by atoms with Crippen LogP contribution in [0.1, 0.15) is 24.0 Å². The quantitative estimate of drug-likeness (QED) is 0.705. The van der Waals surface area contributed by atoms with Gasteiger partial charge in [0.2, 0.25) is 0 Å². The summed E-state index contributed by atoms with van der Waals surface area (Å²) >= 11 is 0. The highest BCUT2D eigenvalue weighted by Crippen LogP contribution is 2.43. The molecule has 0 radical (unpaired) electrons. The average Bonchev–Trinajstić information content (AvgIpc) is 2.75. The van der Waals surface area contributed by atoms with Crippen LogP contribution in [0.4, 0.5) is 0 Å². The van der Waals surface area contributed by atoms with Crippen molar-refractivity contribution in [3.05, 3.63) is 35.5 Å². The molecule has 0 atom stereocenters. The number of aromatic amines is 1. The second-order valence-corrected chi connectivity index (χ2v) is 4.39. The van der Waals surface area contributed by atoms with Crippen LogP contribution < -0.4 is 5.73 Å². The van der Waals surface area contributed by atoms with E-state index in [1.807, 2.05) is 6.20 Å². The fourth-order valence-electron chi connectivity index (χ4n) is 2.07. The molecule has 0 spiro atoms.